The van der Waals surface area contributed by atoms with Crippen LogP contribution in [-0.2, 0) is 45.6 Å². The SMILES string of the molecule is CNC(=O)C(Cc1ccc2ccccc2c1)N1CCN(C(=O)OC(C)(C)C)C(CCO[Si](C)(C)C(C)(C)C)C1=O.CNC(=O)C(Cc1ccc2ccccc2c1)N1CCNC(CCO[Si](C)(C)C(C)(C)C)C1=O. The van der Waals surface area contributed by atoms with Crippen LogP contribution in [0.1, 0.15) is 86.3 Å². The van der Waals surface area contributed by atoms with Gasteiger partial charge in [-0.15, -0.1) is 0 Å². The molecule has 5 amide bonds. The van der Waals surface area contributed by atoms with Crippen molar-refractivity contribution in [2.75, 3.05) is 53.5 Å². The zero-order chi connectivity index (χ0) is 54.1. The third-order valence-electron chi connectivity index (χ3n) is 15.2. The van der Waals surface area contributed by atoms with Crippen molar-refractivity contribution in [2.45, 2.75) is 154 Å². The molecule has 0 radical (unpaired) electrons. The molecule has 2 aliphatic rings. The van der Waals surface area contributed by atoms with Crippen LogP contribution in [-0.4, -0.2) is 144 Å². The molecular formula is C57H86N6O8Si2. The lowest BCUT2D eigenvalue weighted by Crippen LogP contribution is -2.64. The molecule has 4 aromatic rings. The Hall–Kier alpha value is -5.14. The second-order valence-electron chi connectivity index (χ2n) is 23.6. The summed E-state index contributed by atoms with van der Waals surface area (Å²) in [4.78, 5) is 71.5. The number of carbonyl (C=O) groups is 5. The number of benzene rings is 4. The lowest BCUT2D eigenvalue weighted by atomic mass is 9.98. The molecule has 0 saturated carbocycles. The molecule has 14 nitrogen and oxygen atoms in total. The van der Waals surface area contributed by atoms with Crippen LogP contribution in [0.2, 0.25) is 36.3 Å². The maximum absolute atomic E-state index is 14.1. The van der Waals surface area contributed by atoms with Gasteiger partial charge in [0, 0.05) is 66.3 Å². The van der Waals surface area contributed by atoms with Crippen molar-refractivity contribution < 1.29 is 37.6 Å². The average molecular weight is 1040 g/mol. The Balaban J connectivity index is 0.000000276. The summed E-state index contributed by atoms with van der Waals surface area (Å²) in [5, 5.41) is 13.5. The first kappa shape index (κ1) is 58.7. The standard InChI is InChI=1S/C31H47N3O5Si.C26H39N3O3Si/c1-30(2,3)39-29(37)34-18-17-33(28(36)25(34)16-19-38-40(8,9)31(4,5)6)26(27(35)32-7)21-22-14-15-23-12-10-11-13-24(23)20-22;1-26(2,3)33(5,6)32-16-13-22-25(31)29(15-14-28-22)23(24(30)27-4)18-19-11-12-20-9-7-8-10-21(20)17-19/h10-15,20,25-26H,16-19,21H2,1-9H3,(H,32,35);7-12,17,22-23,28H,13-16,18H2,1-6H3,(H,27,30). The van der Waals surface area contributed by atoms with Crippen LogP contribution in [0.3, 0.4) is 0 Å². The fourth-order valence-electron chi connectivity index (χ4n) is 8.72. The number of carbonyl (C=O) groups excluding carboxylic acids is 5. The van der Waals surface area contributed by atoms with Gasteiger partial charge >= 0.3 is 6.09 Å². The highest BCUT2D eigenvalue weighted by atomic mass is 28.4. The van der Waals surface area contributed by atoms with E-state index in [1.165, 1.54) is 4.90 Å². The maximum atomic E-state index is 14.1. The average Bonchev–Trinajstić information content (AvgIpc) is 3.32. The predicted molar refractivity (Wildman–Crippen MR) is 298 cm³/mol. The van der Waals surface area contributed by atoms with E-state index in [-0.39, 0.29) is 52.8 Å². The summed E-state index contributed by atoms with van der Waals surface area (Å²) in [7, 11) is -0.706. The van der Waals surface area contributed by atoms with E-state index < -0.39 is 46.5 Å². The van der Waals surface area contributed by atoms with E-state index >= 15 is 0 Å². The molecule has 6 rings (SSSR count). The molecule has 3 N–H and O–H groups in total. The Morgan fingerprint density at radius 3 is 1.49 bits per heavy atom. The van der Waals surface area contributed by atoms with Crippen molar-refractivity contribution in [2.24, 2.45) is 0 Å². The van der Waals surface area contributed by atoms with Gasteiger partial charge in [-0.05, 0) is 103 Å². The summed E-state index contributed by atoms with van der Waals surface area (Å²) >= 11 is 0. The van der Waals surface area contributed by atoms with Gasteiger partial charge in [0.2, 0.25) is 23.6 Å². The highest BCUT2D eigenvalue weighted by Crippen LogP contribution is 2.38. The molecule has 2 fully saturated rings. The Labute approximate surface area is 437 Å². The zero-order valence-electron chi connectivity index (χ0n) is 46.6. The number of hydrogen-bond donors (Lipinski definition) is 3. The lowest BCUT2D eigenvalue weighted by molar-refractivity contribution is -0.149. The largest absolute Gasteiger partial charge is 0.444 e. The summed E-state index contributed by atoms with van der Waals surface area (Å²) < 4.78 is 18.3. The summed E-state index contributed by atoms with van der Waals surface area (Å²) in [6, 6.07) is 26.2. The van der Waals surface area contributed by atoms with Crippen LogP contribution in [0.5, 0.6) is 0 Å². The minimum Gasteiger partial charge on any atom is -0.444 e. The van der Waals surface area contributed by atoms with Crippen molar-refractivity contribution >= 4 is 67.9 Å². The van der Waals surface area contributed by atoms with Crippen molar-refractivity contribution in [3.8, 4) is 0 Å². The molecule has 0 aromatic heterocycles. The van der Waals surface area contributed by atoms with Crippen LogP contribution in [0, 0.1) is 0 Å². The molecule has 16 heteroatoms. The van der Waals surface area contributed by atoms with Crippen molar-refractivity contribution in [1.82, 2.24) is 30.7 Å². The number of nitrogens with one attached hydrogen (secondary N) is 3. The first-order chi connectivity index (χ1) is 34.1. The molecule has 4 aromatic carbocycles. The summed E-state index contributed by atoms with van der Waals surface area (Å²) in [6.07, 6.45) is 1.28. The summed E-state index contributed by atoms with van der Waals surface area (Å²) in [6.45, 7) is 29.9. The molecule has 73 heavy (non-hydrogen) atoms. The molecule has 400 valence electrons. The molecule has 2 aliphatic heterocycles. The number of piperazine rings is 2. The first-order valence-electron chi connectivity index (χ1n) is 26.1. The molecule has 0 spiro atoms. The van der Waals surface area contributed by atoms with Gasteiger partial charge in [0.1, 0.15) is 23.7 Å². The molecular weight excluding hydrogens is 953 g/mol. The van der Waals surface area contributed by atoms with E-state index in [0.717, 1.165) is 32.7 Å². The number of rotatable bonds is 16. The number of likely N-dealkylation sites (N-methyl/N-ethyl adjacent to an activating group) is 2. The third-order valence-corrected chi connectivity index (χ3v) is 24.2. The van der Waals surface area contributed by atoms with Crippen LogP contribution in [0.25, 0.3) is 21.5 Å². The number of nitrogens with zero attached hydrogens (tertiary/aromatic N) is 3. The van der Waals surface area contributed by atoms with Crippen LogP contribution in [0.4, 0.5) is 4.79 Å². The van der Waals surface area contributed by atoms with E-state index in [9.17, 15) is 24.0 Å². The minimum atomic E-state index is -2.06. The van der Waals surface area contributed by atoms with Gasteiger partial charge in [-0.25, -0.2) is 4.79 Å². The topological polar surface area (TPSA) is 159 Å². The van der Waals surface area contributed by atoms with Crippen molar-refractivity contribution in [1.29, 1.82) is 0 Å². The second kappa shape index (κ2) is 24.5. The van der Waals surface area contributed by atoms with Gasteiger partial charge in [0.05, 0.1) is 6.04 Å². The monoisotopic (exact) mass is 1040 g/mol. The summed E-state index contributed by atoms with van der Waals surface area (Å²) in [5.41, 5.74) is 1.32. The van der Waals surface area contributed by atoms with Gasteiger partial charge in [-0.3, -0.25) is 24.1 Å². The van der Waals surface area contributed by atoms with E-state index in [0.29, 0.717) is 52.0 Å². The van der Waals surface area contributed by atoms with E-state index in [1.807, 2.05) is 69.3 Å². The molecule has 0 aliphatic carbocycles. The Morgan fingerprint density at radius 2 is 1.05 bits per heavy atom. The van der Waals surface area contributed by atoms with E-state index in [4.69, 9.17) is 13.6 Å². The normalized spacial score (nSPS) is 18.0. The third kappa shape index (κ3) is 15.5. The Morgan fingerprint density at radius 1 is 0.616 bits per heavy atom. The molecule has 4 unspecified atom stereocenters. The highest BCUT2D eigenvalue weighted by molar-refractivity contribution is 6.74. The Bertz CT molecular complexity index is 2550. The second-order valence-corrected chi connectivity index (χ2v) is 33.2. The Kier molecular flexibility index (Phi) is 19.7. The molecule has 2 saturated heterocycles. The summed E-state index contributed by atoms with van der Waals surface area (Å²) in [5.74, 6) is -0.641. The maximum Gasteiger partial charge on any atom is 0.411 e. The van der Waals surface area contributed by atoms with Gasteiger partial charge in [0.15, 0.2) is 16.6 Å². The van der Waals surface area contributed by atoms with Gasteiger partial charge in [-0.2, -0.15) is 0 Å². The fraction of sp³-hybridized carbons (Fsp3) is 0.561. The number of hydrogen-bond acceptors (Lipinski definition) is 9. The van der Waals surface area contributed by atoms with Crippen molar-refractivity contribution in [3.05, 3.63) is 96.1 Å². The number of amides is 5. The van der Waals surface area contributed by atoms with Gasteiger partial charge < -0.3 is 39.3 Å². The van der Waals surface area contributed by atoms with Crippen LogP contribution in [0.15, 0.2) is 84.9 Å². The number of ether oxygens (including phenoxy) is 1. The first-order valence-corrected chi connectivity index (χ1v) is 31.9. The quantitative estimate of drug-likeness (QED) is 0.0932. The van der Waals surface area contributed by atoms with Crippen LogP contribution < -0.4 is 16.0 Å². The molecule has 4 atom stereocenters. The van der Waals surface area contributed by atoms with Crippen LogP contribution >= 0.6 is 0 Å². The van der Waals surface area contributed by atoms with Crippen molar-refractivity contribution in [3.63, 3.8) is 0 Å². The van der Waals surface area contributed by atoms with Gasteiger partial charge in [0.25, 0.3) is 0 Å². The molecule has 0 bridgehead atoms. The lowest BCUT2D eigenvalue weighted by Gasteiger charge is -2.44. The molecule has 2 heterocycles. The fourth-order valence-corrected chi connectivity index (χ4v) is 10.8. The van der Waals surface area contributed by atoms with E-state index in [1.54, 1.807) is 23.9 Å². The number of fused-ring (bicyclic) bond motifs is 2. The smallest absolute Gasteiger partial charge is 0.411 e. The van der Waals surface area contributed by atoms with Gasteiger partial charge in [-0.1, -0.05) is 126 Å². The predicted octanol–water partition coefficient (Wildman–Crippen LogP) is 9.07. The minimum absolute atomic E-state index is 0.0185. The zero-order valence-corrected chi connectivity index (χ0v) is 48.6. The highest BCUT2D eigenvalue weighted by Gasteiger charge is 2.45. The van der Waals surface area contributed by atoms with E-state index in [2.05, 4.69) is 120 Å².